The number of nitrogens with zero attached hydrogens (tertiary/aromatic N) is 1. The summed E-state index contributed by atoms with van der Waals surface area (Å²) >= 11 is 5.76. The first-order valence-corrected chi connectivity index (χ1v) is 6.09. The molecule has 1 heterocycles. The number of nitrogens with two attached hydrogens (primary N) is 1. The Kier molecular flexibility index (Phi) is 3.35. The highest BCUT2D eigenvalue weighted by molar-refractivity contribution is 6.29. The number of pyridine rings is 1. The van der Waals surface area contributed by atoms with Crippen molar-refractivity contribution in [1.82, 2.24) is 4.98 Å². The summed E-state index contributed by atoms with van der Waals surface area (Å²) < 4.78 is 0. The fourth-order valence-corrected chi connectivity index (χ4v) is 2.40. The molecule has 3 N–H and O–H groups in total. The second kappa shape index (κ2) is 4.63. The maximum atomic E-state index is 12.2. The van der Waals surface area contributed by atoms with Crippen molar-refractivity contribution in [3.05, 3.63) is 23.5 Å². The van der Waals surface area contributed by atoms with E-state index in [0.29, 0.717) is 10.8 Å². The van der Waals surface area contributed by atoms with Crippen LogP contribution in [-0.4, -0.2) is 16.9 Å². The van der Waals surface area contributed by atoms with Gasteiger partial charge in [-0.3, -0.25) is 4.79 Å². The van der Waals surface area contributed by atoms with Crippen LogP contribution in [0.3, 0.4) is 0 Å². The van der Waals surface area contributed by atoms with E-state index in [1.165, 1.54) is 0 Å². The zero-order valence-corrected chi connectivity index (χ0v) is 10.5. The minimum Gasteiger partial charge on any atom is -0.327 e. The summed E-state index contributed by atoms with van der Waals surface area (Å²) in [5.74, 6) is -0.0373. The number of anilines is 1. The Morgan fingerprint density at radius 3 is 3.06 bits per heavy atom. The first-order chi connectivity index (χ1) is 8.02. The van der Waals surface area contributed by atoms with Gasteiger partial charge in [0.1, 0.15) is 5.15 Å². The van der Waals surface area contributed by atoms with E-state index in [2.05, 4.69) is 10.3 Å². The van der Waals surface area contributed by atoms with E-state index in [4.69, 9.17) is 17.3 Å². The molecule has 2 atom stereocenters. The molecule has 5 heteroatoms. The lowest BCUT2D eigenvalue weighted by molar-refractivity contribution is -0.125. The van der Waals surface area contributed by atoms with Gasteiger partial charge in [-0.25, -0.2) is 4.98 Å². The maximum Gasteiger partial charge on any atom is 0.231 e. The lowest BCUT2D eigenvalue weighted by Crippen LogP contribution is -2.44. The molecule has 4 nitrogen and oxygen atoms in total. The maximum absolute atomic E-state index is 12.2. The third kappa shape index (κ3) is 2.42. The Bertz CT molecular complexity index is 438. The van der Waals surface area contributed by atoms with Crippen LogP contribution in [0.1, 0.15) is 26.2 Å². The van der Waals surface area contributed by atoms with E-state index in [1.54, 1.807) is 18.3 Å². The summed E-state index contributed by atoms with van der Waals surface area (Å²) in [6, 6.07) is 3.27. The van der Waals surface area contributed by atoms with E-state index in [0.717, 1.165) is 19.3 Å². The molecule has 0 radical (unpaired) electrons. The van der Waals surface area contributed by atoms with Crippen molar-refractivity contribution in [2.24, 2.45) is 11.1 Å². The molecule has 0 saturated heterocycles. The third-order valence-corrected chi connectivity index (χ3v) is 3.74. The van der Waals surface area contributed by atoms with Gasteiger partial charge >= 0.3 is 0 Å². The molecule has 1 aliphatic rings. The summed E-state index contributed by atoms with van der Waals surface area (Å²) in [4.78, 5) is 16.1. The van der Waals surface area contributed by atoms with Crippen molar-refractivity contribution < 1.29 is 4.79 Å². The lowest BCUT2D eigenvalue weighted by atomic mass is 9.84. The Morgan fingerprint density at radius 1 is 1.71 bits per heavy atom. The first-order valence-electron chi connectivity index (χ1n) is 5.71. The molecule has 2 rings (SSSR count). The van der Waals surface area contributed by atoms with Gasteiger partial charge in [-0.15, -0.1) is 0 Å². The Labute approximate surface area is 106 Å². The van der Waals surface area contributed by atoms with Crippen LogP contribution < -0.4 is 11.1 Å². The standard InChI is InChI=1S/C12H16ClN3O/c1-12(5-2-3-9(12)14)11(17)16-8-4-6-15-10(13)7-8/h4,6-7,9H,2-3,5,14H2,1H3,(H,15,16,17). The van der Waals surface area contributed by atoms with Crippen molar-refractivity contribution in [1.29, 1.82) is 0 Å². The fraction of sp³-hybridized carbons (Fsp3) is 0.500. The number of rotatable bonds is 2. The van der Waals surface area contributed by atoms with Gasteiger partial charge in [-0.05, 0) is 31.9 Å². The summed E-state index contributed by atoms with van der Waals surface area (Å²) in [7, 11) is 0. The monoisotopic (exact) mass is 253 g/mol. The van der Waals surface area contributed by atoms with Crippen molar-refractivity contribution in [2.75, 3.05) is 5.32 Å². The van der Waals surface area contributed by atoms with Crippen LogP contribution >= 0.6 is 11.6 Å². The van der Waals surface area contributed by atoms with Crippen LogP contribution in [0, 0.1) is 5.41 Å². The minimum absolute atomic E-state index is 0.0373. The fourth-order valence-electron chi connectivity index (χ4n) is 2.23. The van der Waals surface area contributed by atoms with Crippen molar-refractivity contribution in [3.63, 3.8) is 0 Å². The first kappa shape index (κ1) is 12.3. The Balaban J connectivity index is 2.12. The van der Waals surface area contributed by atoms with Crippen LogP contribution in [0.4, 0.5) is 5.69 Å². The molecule has 1 amide bonds. The van der Waals surface area contributed by atoms with E-state index in [9.17, 15) is 4.79 Å². The van der Waals surface area contributed by atoms with Gasteiger partial charge < -0.3 is 11.1 Å². The molecule has 1 aromatic rings. The highest BCUT2D eigenvalue weighted by Crippen LogP contribution is 2.37. The van der Waals surface area contributed by atoms with E-state index < -0.39 is 5.41 Å². The molecule has 1 fully saturated rings. The minimum atomic E-state index is -0.476. The molecule has 1 saturated carbocycles. The van der Waals surface area contributed by atoms with Gasteiger partial charge in [0, 0.05) is 17.9 Å². The van der Waals surface area contributed by atoms with Crippen LogP contribution in [0.25, 0.3) is 0 Å². The normalized spacial score (nSPS) is 28.1. The molecule has 2 unspecified atom stereocenters. The lowest BCUT2D eigenvalue weighted by Gasteiger charge is -2.27. The quantitative estimate of drug-likeness (QED) is 0.794. The van der Waals surface area contributed by atoms with Crippen LogP contribution in [0.5, 0.6) is 0 Å². The van der Waals surface area contributed by atoms with Crippen molar-refractivity contribution >= 4 is 23.2 Å². The molecule has 0 bridgehead atoms. The summed E-state index contributed by atoms with van der Waals surface area (Å²) in [6.45, 7) is 1.92. The number of halogens is 1. The van der Waals surface area contributed by atoms with E-state index >= 15 is 0 Å². The summed E-state index contributed by atoms with van der Waals surface area (Å²) in [5.41, 5.74) is 6.18. The molecule has 17 heavy (non-hydrogen) atoms. The molecule has 0 aromatic carbocycles. The number of carbonyl (C=O) groups is 1. The molecule has 1 aliphatic carbocycles. The molecule has 0 aliphatic heterocycles. The molecular formula is C12H16ClN3O. The number of hydrogen-bond donors (Lipinski definition) is 2. The van der Waals surface area contributed by atoms with Crippen molar-refractivity contribution in [2.45, 2.75) is 32.2 Å². The second-order valence-electron chi connectivity index (χ2n) is 4.74. The van der Waals surface area contributed by atoms with Crippen LogP contribution in [0.2, 0.25) is 5.15 Å². The molecule has 1 aromatic heterocycles. The Morgan fingerprint density at radius 2 is 2.47 bits per heavy atom. The summed E-state index contributed by atoms with van der Waals surface area (Å²) in [5, 5.41) is 3.22. The Hall–Kier alpha value is -1.13. The van der Waals surface area contributed by atoms with E-state index in [1.807, 2.05) is 6.92 Å². The van der Waals surface area contributed by atoms with Crippen LogP contribution in [0.15, 0.2) is 18.3 Å². The molecule has 0 spiro atoms. The predicted octanol–water partition coefficient (Wildman–Crippen LogP) is 2.19. The zero-order chi connectivity index (χ0) is 12.5. The SMILES string of the molecule is CC1(C(=O)Nc2ccnc(Cl)c2)CCCC1N. The number of amides is 1. The van der Waals surface area contributed by atoms with Gasteiger partial charge in [0.05, 0.1) is 5.41 Å². The largest absolute Gasteiger partial charge is 0.327 e. The number of hydrogen-bond acceptors (Lipinski definition) is 3. The van der Waals surface area contributed by atoms with Gasteiger partial charge in [0.15, 0.2) is 0 Å². The highest BCUT2D eigenvalue weighted by atomic mass is 35.5. The van der Waals surface area contributed by atoms with Crippen molar-refractivity contribution in [3.8, 4) is 0 Å². The van der Waals surface area contributed by atoms with Gasteiger partial charge in [0.25, 0.3) is 0 Å². The smallest absolute Gasteiger partial charge is 0.231 e. The topological polar surface area (TPSA) is 68.0 Å². The van der Waals surface area contributed by atoms with Gasteiger partial charge in [0.2, 0.25) is 5.91 Å². The average Bonchev–Trinajstić information content (AvgIpc) is 2.60. The number of carbonyl (C=O) groups excluding carboxylic acids is 1. The zero-order valence-electron chi connectivity index (χ0n) is 9.74. The predicted molar refractivity (Wildman–Crippen MR) is 67.8 cm³/mol. The third-order valence-electron chi connectivity index (χ3n) is 3.53. The molecule has 92 valence electrons. The summed E-state index contributed by atoms with van der Waals surface area (Å²) in [6.07, 6.45) is 4.30. The van der Waals surface area contributed by atoms with Crippen LogP contribution in [-0.2, 0) is 4.79 Å². The average molecular weight is 254 g/mol. The van der Waals surface area contributed by atoms with Gasteiger partial charge in [-0.2, -0.15) is 0 Å². The molecular weight excluding hydrogens is 238 g/mol. The number of nitrogens with one attached hydrogen (secondary N) is 1. The number of aromatic nitrogens is 1. The van der Waals surface area contributed by atoms with Gasteiger partial charge in [-0.1, -0.05) is 18.0 Å². The van der Waals surface area contributed by atoms with E-state index in [-0.39, 0.29) is 11.9 Å². The second-order valence-corrected chi connectivity index (χ2v) is 5.12. The highest BCUT2D eigenvalue weighted by Gasteiger charge is 2.42.